The predicted octanol–water partition coefficient (Wildman–Crippen LogP) is 2.70. The van der Waals surface area contributed by atoms with E-state index in [9.17, 15) is 9.18 Å². The molecule has 0 unspecified atom stereocenters. The van der Waals surface area contributed by atoms with Crippen molar-refractivity contribution in [2.24, 2.45) is 0 Å². The van der Waals surface area contributed by atoms with Crippen molar-refractivity contribution in [1.82, 2.24) is 15.2 Å². The van der Waals surface area contributed by atoms with E-state index in [1.807, 2.05) is 30.2 Å². The Morgan fingerprint density at radius 3 is 3.04 bits per heavy atom. The van der Waals surface area contributed by atoms with Crippen LogP contribution in [0.15, 0.2) is 22.1 Å². The molecule has 1 saturated heterocycles. The molecule has 124 valence electrons. The number of likely N-dealkylation sites (tertiary alicyclic amines) is 1. The second-order valence-electron chi connectivity index (χ2n) is 5.92. The Kier molecular flexibility index (Phi) is 4.77. The smallest absolute Gasteiger partial charge is 0.287 e. The summed E-state index contributed by atoms with van der Waals surface area (Å²) in [6.45, 7) is 5.07. The van der Waals surface area contributed by atoms with Crippen molar-refractivity contribution in [3.8, 4) is 0 Å². The predicted molar refractivity (Wildman–Crippen MR) is 86.3 cm³/mol. The summed E-state index contributed by atoms with van der Waals surface area (Å²) in [7, 11) is 0. The molecule has 7 heteroatoms. The molecule has 2 aromatic heterocycles. The Hall–Kier alpha value is -1.73. The van der Waals surface area contributed by atoms with E-state index in [1.165, 1.54) is 0 Å². The number of carbonyl (C=O) groups is 1. The number of alkyl halides is 1. The summed E-state index contributed by atoms with van der Waals surface area (Å²) >= 11 is 1.56. The molecule has 2 aromatic rings. The maximum absolute atomic E-state index is 13.8. The molecule has 0 saturated carbocycles. The lowest BCUT2D eigenvalue weighted by Crippen LogP contribution is -2.39. The molecule has 1 aliphatic heterocycles. The Labute approximate surface area is 138 Å². The number of thiazole rings is 1. The summed E-state index contributed by atoms with van der Waals surface area (Å²) in [4.78, 5) is 18.5. The molecule has 2 atom stereocenters. The molecule has 1 aliphatic rings. The Morgan fingerprint density at radius 1 is 1.57 bits per heavy atom. The van der Waals surface area contributed by atoms with E-state index in [0.29, 0.717) is 37.6 Å². The molecule has 5 nitrogen and oxygen atoms in total. The van der Waals surface area contributed by atoms with E-state index in [4.69, 9.17) is 4.42 Å². The number of furan rings is 1. The summed E-state index contributed by atoms with van der Waals surface area (Å²) in [5, 5.41) is 5.75. The van der Waals surface area contributed by atoms with Crippen LogP contribution in [-0.2, 0) is 6.54 Å². The number of nitrogens with one attached hydrogen (secondary N) is 1. The first-order valence-corrected chi connectivity index (χ1v) is 8.52. The van der Waals surface area contributed by atoms with Crippen LogP contribution in [0.4, 0.5) is 4.39 Å². The Balaban J connectivity index is 1.59. The molecule has 1 N–H and O–H groups in total. The van der Waals surface area contributed by atoms with Gasteiger partial charge in [0.05, 0.1) is 6.54 Å². The van der Waals surface area contributed by atoms with Crippen molar-refractivity contribution < 1.29 is 13.6 Å². The lowest BCUT2D eigenvalue weighted by Gasteiger charge is -2.23. The number of hydrogen-bond donors (Lipinski definition) is 1. The summed E-state index contributed by atoms with van der Waals surface area (Å²) in [5.74, 6) is 0.804. The number of aryl methyl sites for hydroxylation is 2. The first-order valence-electron chi connectivity index (χ1n) is 7.64. The van der Waals surface area contributed by atoms with Crippen LogP contribution in [0, 0.1) is 13.8 Å². The second kappa shape index (κ2) is 6.80. The van der Waals surface area contributed by atoms with Gasteiger partial charge in [-0.1, -0.05) is 0 Å². The summed E-state index contributed by atoms with van der Waals surface area (Å²) in [6, 6.07) is 1.81. The number of nitrogens with zero attached hydrogens (tertiary/aromatic N) is 2. The van der Waals surface area contributed by atoms with Gasteiger partial charge in [-0.05, 0) is 26.3 Å². The van der Waals surface area contributed by atoms with E-state index < -0.39 is 6.17 Å². The van der Waals surface area contributed by atoms with Gasteiger partial charge in [0.1, 0.15) is 16.9 Å². The van der Waals surface area contributed by atoms with Gasteiger partial charge in [0.2, 0.25) is 0 Å². The number of rotatable bonds is 5. The highest BCUT2D eigenvalue weighted by Gasteiger charge is 2.32. The van der Waals surface area contributed by atoms with Crippen molar-refractivity contribution in [2.75, 3.05) is 13.1 Å². The minimum atomic E-state index is -0.857. The Morgan fingerprint density at radius 2 is 2.39 bits per heavy atom. The van der Waals surface area contributed by atoms with Gasteiger partial charge in [0, 0.05) is 36.3 Å². The molecule has 1 amide bonds. The molecule has 0 aromatic carbocycles. The fraction of sp³-hybridized carbons (Fsp3) is 0.500. The lowest BCUT2D eigenvalue weighted by molar-refractivity contribution is 0.0910. The molecule has 0 spiro atoms. The van der Waals surface area contributed by atoms with E-state index >= 15 is 0 Å². The molecule has 1 fully saturated rings. The van der Waals surface area contributed by atoms with Crippen LogP contribution in [0.1, 0.15) is 33.3 Å². The molecule has 0 radical (unpaired) electrons. The van der Waals surface area contributed by atoms with Crippen LogP contribution in [0.3, 0.4) is 0 Å². The van der Waals surface area contributed by atoms with Crippen molar-refractivity contribution in [1.29, 1.82) is 0 Å². The quantitative estimate of drug-likeness (QED) is 0.911. The van der Waals surface area contributed by atoms with Gasteiger partial charge in [-0.3, -0.25) is 9.69 Å². The maximum Gasteiger partial charge on any atom is 0.287 e. The first-order chi connectivity index (χ1) is 11.0. The average Bonchev–Trinajstić information content (AvgIpc) is 3.19. The van der Waals surface area contributed by atoms with Crippen LogP contribution in [0.2, 0.25) is 0 Å². The topological polar surface area (TPSA) is 58.4 Å². The third-order valence-electron chi connectivity index (χ3n) is 4.04. The highest BCUT2D eigenvalue weighted by atomic mass is 32.1. The fourth-order valence-electron chi connectivity index (χ4n) is 2.99. The average molecular weight is 337 g/mol. The molecule has 23 heavy (non-hydrogen) atoms. The fourth-order valence-corrected chi connectivity index (χ4v) is 3.63. The third-order valence-corrected chi connectivity index (χ3v) is 4.81. The number of aromatic nitrogens is 1. The SMILES string of the molecule is Cc1cc(C)c(C(=O)NC[C@@H]2C[C@H](F)CN2Cc2nccs2)o1. The Bertz CT molecular complexity index is 671. The number of hydrogen-bond acceptors (Lipinski definition) is 5. The zero-order valence-corrected chi connectivity index (χ0v) is 14.0. The molecule has 0 bridgehead atoms. The monoisotopic (exact) mass is 337 g/mol. The maximum atomic E-state index is 13.8. The standard InChI is InChI=1S/C16H20FN3O2S/c1-10-5-11(2)22-15(10)16(21)19-7-13-6-12(17)8-20(13)9-14-18-3-4-23-14/h3-5,12-13H,6-9H2,1-2H3,(H,19,21)/t12-,13-/m0/s1. The van der Waals surface area contributed by atoms with Crippen molar-refractivity contribution in [3.05, 3.63) is 39.7 Å². The minimum Gasteiger partial charge on any atom is -0.456 e. The molecular formula is C16H20FN3O2S. The highest BCUT2D eigenvalue weighted by Crippen LogP contribution is 2.23. The van der Waals surface area contributed by atoms with Crippen LogP contribution < -0.4 is 5.32 Å². The van der Waals surface area contributed by atoms with Crippen molar-refractivity contribution in [2.45, 2.75) is 39.0 Å². The lowest BCUT2D eigenvalue weighted by atomic mass is 10.2. The normalized spacial score (nSPS) is 21.7. The molecule has 3 rings (SSSR count). The second-order valence-corrected chi connectivity index (χ2v) is 6.90. The minimum absolute atomic E-state index is 0.0192. The number of amides is 1. The molecule has 3 heterocycles. The van der Waals surface area contributed by atoms with E-state index in [2.05, 4.69) is 10.3 Å². The van der Waals surface area contributed by atoms with Crippen molar-refractivity contribution in [3.63, 3.8) is 0 Å². The zero-order valence-electron chi connectivity index (χ0n) is 13.2. The highest BCUT2D eigenvalue weighted by molar-refractivity contribution is 7.09. The van der Waals surface area contributed by atoms with E-state index in [1.54, 1.807) is 17.5 Å². The van der Waals surface area contributed by atoms with Gasteiger partial charge in [0.25, 0.3) is 5.91 Å². The van der Waals surface area contributed by atoms with Gasteiger partial charge < -0.3 is 9.73 Å². The summed E-state index contributed by atoms with van der Waals surface area (Å²) in [5.41, 5.74) is 0.814. The summed E-state index contributed by atoms with van der Waals surface area (Å²) in [6.07, 6.45) is 1.33. The zero-order chi connectivity index (χ0) is 16.4. The van der Waals surface area contributed by atoms with Crippen LogP contribution in [0.25, 0.3) is 0 Å². The van der Waals surface area contributed by atoms with Crippen LogP contribution in [0.5, 0.6) is 0 Å². The number of carbonyl (C=O) groups excluding carboxylic acids is 1. The van der Waals surface area contributed by atoms with Gasteiger partial charge >= 0.3 is 0 Å². The molecule has 0 aliphatic carbocycles. The summed E-state index contributed by atoms with van der Waals surface area (Å²) < 4.78 is 19.2. The van der Waals surface area contributed by atoms with Crippen molar-refractivity contribution >= 4 is 17.2 Å². The molecular weight excluding hydrogens is 317 g/mol. The van der Waals surface area contributed by atoms with E-state index in [-0.39, 0.29) is 11.9 Å². The van der Waals surface area contributed by atoms with Gasteiger partial charge in [-0.2, -0.15) is 0 Å². The van der Waals surface area contributed by atoms with Crippen LogP contribution in [-0.4, -0.2) is 41.1 Å². The van der Waals surface area contributed by atoms with Crippen LogP contribution >= 0.6 is 11.3 Å². The third kappa shape index (κ3) is 3.79. The first kappa shape index (κ1) is 16.1. The largest absolute Gasteiger partial charge is 0.456 e. The van der Waals surface area contributed by atoms with Gasteiger partial charge in [-0.25, -0.2) is 9.37 Å². The number of halogens is 1. The van der Waals surface area contributed by atoms with E-state index in [0.717, 1.165) is 10.6 Å². The van der Waals surface area contributed by atoms with Gasteiger partial charge in [0.15, 0.2) is 5.76 Å². The van der Waals surface area contributed by atoms with Gasteiger partial charge in [-0.15, -0.1) is 11.3 Å².